The van der Waals surface area contributed by atoms with Crippen molar-refractivity contribution < 1.29 is 27.4 Å². The van der Waals surface area contributed by atoms with Crippen LogP contribution in [0.15, 0.2) is 66.1 Å². The molecule has 2 atom stereocenters. The van der Waals surface area contributed by atoms with Gasteiger partial charge < -0.3 is 19.7 Å². The second-order valence-corrected chi connectivity index (χ2v) is 8.63. The Morgan fingerprint density at radius 2 is 1.91 bits per heavy atom. The predicted molar refractivity (Wildman–Crippen MR) is 131 cm³/mol. The number of benzene rings is 1. The average molecular weight is 489 g/mol. The Bertz CT molecular complexity index is 1070. The molecule has 3 rings (SSSR count). The molecule has 1 heterocycles. The van der Waals surface area contributed by atoms with Gasteiger partial charge in [-0.2, -0.15) is 13.2 Å². The number of carbonyl (C=O) groups is 1. The van der Waals surface area contributed by atoms with Crippen LogP contribution >= 0.6 is 0 Å². The van der Waals surface area contributed by atoms with Crippen LogP contribution in [0, 0.1) is 11.8 Å². The minimum Gasteiger partial charge on any atom is -0.496 e. The second-order valence-electron chi connectivity index (χ2n) is 8.63. The lowest BCUT2D eigenvalue weighted by Gasteiger charge is -2.26. The van der Waals surface area contributed by atoms with Gasteiger partial charge in [-0.05, 0) is 53.3 Å². The third-order valence-corrected chi connectivity index (χ3v) is 5.88. The van der Waals surface area contributed by atoms with Crippen molar-refractivity contribution in [3.05, 3.63) is 77.2 Å². The Hall–Kier alpha value is -3.42. The summed E-state index contributed by atoms with van der Waals surface area (Å²) in [4.78, 5) is 14.5. The molecule has 0 spiro atoms. The molecule has 0 radical (unpaired) electrons. The summed E-state index contributed by atoms with van der Waals surface area (Å²) >= 11 is 0. The summed E-state index contributed by atoms with van der Waals surface area (Å²) in [7, 11) is 2.70. The van der Waals surface area contributed by atoms with Gasteiger partial charge in [0.2, 0.25) is 0 Å². The van der Waals surface area contributed by atoms with Gasteiger partial charge in [0.05, 0.1) is 14.2 Å². The number of amides is 1. The summed E-state index contributed by atoms with van der Waals surface area (Å²) in [5.74, 6) is 0.0713. The Morgan fingerprint density at radius 1 is 1.26 bits per heavy atom. The molecule has 1 N–H and O–H groups in total. The zero-order valence-corrected chi connectivity index (χ0v) is 20.4. The van der Waals surface area contributed by atoms with Crippen molar-refractivity contribution in [3.8, 4) is 11.5 Å². The van der Waals surface area contributed by atoms with Crippen LogP contribution in [0.3, 0.4) is 0 Å². The monoisotopic (exact) mass is 488 g/mol. The SMILES string of the molecule is C=C1C=C(C2=CC2CC)C=CN1CC(C)/C=C/c1cc(OC)c(C(=O)NCC(F)(F)F)c(OC)c1. The highest BCUT2D eigenvalue weighted by Gasteiger charge is 2.30. The van der Waals surface area contributed by atoms with Gasteiger partial charge in [-0.25, -0.2) is 0 Å². The molecule has 1 aromatic carbocycles. The molecule has 0 aromatic heterocycles. The highest BCUT2D eigenvalue weighted by atomic mass is 19.4. The van der Waals surface area contributed by atoms with Gasteiger partial charge in [0.25, 0.3) is 5.91 Å². The number of rotatable bonds is 10. The summed E-state index contributed by atoms with van der Waals surface area (Å²) in [6.45, 7) is 7.71. The smallest absolute Gasteiger partial charge is 0.405 e. The molecule has 1 aliphatic carbocycles. The number of hydrogen-bond acceptors (Lipinski definition) is 4. The van der Waals surface area contributed by atoms with E-state index in [2.05, 4.69) is 43.6 Å². The standard InChI is InChI=1S/C27H31F3N2O3/c1-6-20-14-22(20)21-9-10-32(18(3)11-21)15-17(2)7-8-19-12-23(34-4)25(24(13-19)35-5)26(33)31-16-27(28,29)30/h7-14,17,20H,3,6,15-16H2,1-2,4-5H3,(H,31,33)/b8-7+. The van der Waals surface area contributed by atoms with E-state index in [9.17, 15) is 18.0 Å². The van der Waals surface area contributed by atoms with Crippen LogP contribution in [-0.2, 0) is 0 Å². The molecule has 0 saturated carbocycles. The molecular formula is C27H31F3N2O3. The van der Waals surface area contributed by atoms with Crippen molar-refractivity contribution in [1.82, 2.24) is 10.2 Å². The molecule has 5 nitrogen and oxygen atoms in total. The van der Waals surface area contributed by atoms with Gasteiger partial charge in [-0.15, -0.1) is 0 Å². The van der Waals surface area contributed by atoms with Gasteiger partial charge in [-0.3, -0.25) is 4.79 Å². The molecule has 0 fully saturated rings. The predicted octanol–water partition coefficient (Wildman–Crippen LogP) is 5.88. The van der Waals surface area contributed by atoms with E-state index in [4.69, 9.17) is 9.47 Å². The van der Waals surface area contributed by atoms with Crippen molar-refractivity contribution in [2.75, 3.05) is 27.3 Å². The number of ether oxygens (including phenoxy) is 2. The van der Waals surface area contributed by atoms with Crippen LogP contribution in [0.4, 0.5) is 13.2 Å². The molecule has 188 valence electrons. The zero-order chi connectivity index (χ0) is 25.8. The van der Waals surface area contributed by atoms with Gasteiger partial charge in [0.15, 0.2) is 0 Å². The molecule has 1 aromatic rings. The van der Waals surface area contributed by atoms with E-state index >= 15 is 0 Å². The van der Waals surface area contributed by atoms with E-state index < -0.39 is 18.6 Å². The fourth-order valence-electron chi connectivity index (χ4n) is 3.92. The van der Waals surface area contributed by atoms with Gasteiger partial charge in [-0.1, -0.05) is 38.7 Å². The highest BCUT2D eigenvalue weighted by Crippen LogP contribution is 2.40. The first kappa shape index (κ1) is 26.2. The number of methoxy groups -OCH3 is 2. The van der Waals surface area contributed by atoms with E-state index in [1.54, 1.807) is 12.1 Å². The highest BCUT2D eigenvalue weighted by molar-refractivity contribution is 6.00. The molecule has 1 aliphatic heterocycles. The van der Waals surface area contributed by atoms with E-state index in [0.717, 1.165) is 18.7 Å². The zero-order valence-electron chi connectivity index (χ0n) is 20.4. The first-order valence-electron chi connectivity index (χ1n) is 11.4. The van der Waals surface area contributed by atoms with Crippen LogP contribution in [-0.4, -0.2) is 44.3 Å². The number of hydrogen-bond donors (Lipinski definition) is 1. The number of nitrogens with one attached hydrogen (secondary N) is 1. The van der Waals surface area contributed by atoms with Crippen molar-refractivity contribution in [2.45, 2.75) is 26.4 Å². The van der Waals surface area contributed by atoms with Crippen molar-refractivity contribution in [1.29, 1.82) is 0 Å². The van der Waals surface area contributed by atoms with Crippen molar-refractivity contribution >= 4 is 12.0 Å². The maximum absolute atomic E-state index is 12.5. The van der Waals surface area contributed by atoms with E-state index in [1.807, 2.05) is 23.7 Å². The van der Waals surface area contributed by atoms with Crippen LogP contribution in [0.5, 0.6) is 11.5 Å². The molecule has 8 heteroatoms. The quantitative estimate of drug-likeness (QED) is 0.447. The maximum Gasteiger partial charge on any atom is 0.405 e. The number of halogens is 3. The van der Waals surface area contributed by atoms with Gasteiger partial charge in [0.1, 0.15) is 23.6 Å². The van der Waals surface area contributed by atoms with Crippen molar-refractivity contribution in [2.24, 2.45) is 11.8 Å². The largest absolute Gasteiger partial charge is 0.496 e. The fourth-order valence-corrected chi connectivity index (χ4v) is 3.92. The fraction of sp³-hybridized carbons (Fsp3) is 0.370. The molecule has 0 bridgehead atoms. The first-order chi connectivity index (χ1) is 16.6. The number of nitrogens with zero attached hydrogens (tertiary/aromatic N) is 1. The normalized spacial score (nSPS) is 18.3. The Labute approximate surface area is 204 Å². The molecule has 1 amide bonds. The molecule has 35 heavy (non-hydrogen) atoms. The third-order valence-electron chi connectivity index (χ3n) is 5.88. The van der Waals surface area contributed by atoms with Crippen LogP contribution < -0.4 is 14.8 Å². The second kappa shape index (κ2) is 10.9. The van der Waals surface area contributed by atoms with Crippen molar-refractivity contribution in [3.63, 3.8) is 0 Å². The number of allylic oxidation sites excluding steroid dienone is 5. The van der Waals surface area contributed by atoms with Gasteiger partial charge >= 0.3 is 6.18 Å². The van der Waals surface area contributed by atoms with E-state index in [1.165, 1.54) is 25.4 Å². The number of alkyl halides is 3. The average Bonchev–Trinajstić information content (AvgIpc) is 3.61. The first-order valence-corrected chi connectivity index (χ1v) is 11.4. The Balaban J connectivity index is 1.67. The van der Waals surface area contributed by atoms with Gasteiger partial charge in [0, 0.05) is 24.4 Å². The summed E-state index contributed by atoms with van der Waals surface area (Å²) in [6.07, 6.45) is 9.02. The Kier molecular flexibility index (Phi) is 8.14. The lowest BCUT2D eigenvalue weighted by molar-refractivity contribution is -0.123. The maximum atomic E-state index is 12.5. The topological polar surface area (TPSA) is 50.8 Å². The summed E-state index contributed by atoms with van der Waals surface area (Å²) in [6, 6.07) is 3.19. The summed E-state index contributed by atoms with van der Waals surface area (Å²) in [5, 5.41) is 1.86. The van der Waals surface area contributed by atoms with E-state index in [0.29, 0.717) is 11.5 Å². The molecule has 2 unspecified atom stereocenters. The third kappa shape index (κ3) is 6.81. The minimum atomic E-state index is -4.52. The van der Waals surface area contributed by atoms with E-state index in [-0.39, 0.29) is 23.0 Å². The van der Waals surface area contributed by atoms with Crippen LogP contribution in [0.25, 0.3) is 6.08 Å². The summed E-state index contributed by atoms with van der Waals surface area (Å²) < 4.78 is 48.1. The van der Waals surface area contributed by atoms with Crippen LogP contribution in [0.1, 0.15) is 36.2 Å². The minimum absolute atomic E-state index is 0.0853. The number of carbonyl (C=O) groups excluding carboxylic acids is 1. The lowest BCUT2D eigenvalue weighted by Crippen LogP contribution is -2.34. The molecule has 2 aliphatic rings. The lowest BCUT2D eigenvalue weighted by atomic mass is 10.0. The molecule has 0 saturated heterocycles. The summed E-state index contributed by atoms with van der Waals surface area (Å²) in [5.41, 5.74) is 4.15. The molecular weight excluding hydrogens is 457 g/mol. The Morgan fingerprint density at radius 3 is 2.43 bits per heavy atom. The van der Waals surface area contributed by atoms with Crippen LogP contribution in [0.2, 0.25) is 0 Å².